The van der Waals surface area contributed by atoms with E-state index in [0.29, 0.717) is 11.1 Å². The van der Waals surface area contributed by atoms with E-state index in [1.807, 2.05) is 0 Å². The predicted octanol–water partition coefficient (Wildman–Crippen LogP) is 3.43. The second-order valence-corrected chi connectivity index (χ2v) is 4.94. The molecular formula is C15H12F3NO. The first-order valence-electron chi connectivity index (χ1n) is 6.19. The van der Waals surface area contributed by atoms with Gasteiger partial charge >= 0.3 is 0 Å². The summed E-state index contributed by atoms with van der Waals surface area (Å²) in [5.74, 6) is -3.55. The lowest BCUT2D eigenvalue weighted by molar-refractivity contribution is 0.396. The van der Waals surface area contributed by atoms with Gasteiger partial charge in [-0.3, -0.25) is 0 Å². The molecule has 0 aromatic heterocycles. The summed E-state index contributed by atoms with van der Waals surface area (Å²) in [6.45, 7) is 2.49. The highest BCUT2D eigenvalue weighted by Gasteiger charge is 2.27. The number of phenols is 1. The van der Waals surface area contributed by atoms with Crippen LogP contribution in [0.1, 0.15) is 17.2 Å². The molecule has 3 rings (SSSR count). The number of benzene rings is 2. The largest absolute Gasteiger partial charge is 0.503 e. The van der Waals surface area contributed by atoms with Gasteiger partial charge in [-0.05, 0) is 41.8 Å². The van der Waals surface area contributed by atoms with E-state index in [2.05, 4.69) is 5.32 Å². The predicted molar refractivity (Wildman–Crippen MR) is 68.9 cm³/mol. The Labute approximate surface area is 113 Å². The third-order valence-electron chi connectivity index (χ3n) is 3.44. The smallest absolute Gasteiger partial charge is 0.187 e. The normalized spacial score (nSPS) is 17.3. The zero-order valence-corrected chi connectivity index (χ0v) is 10.7. The lowest BCUT2D eigenvalue weighted by Crippen LogP contribution is -1.97. The summed E-state index contributed by atoms with van der Waals surface area (Å²) in [4.78, 5) is 0. The van der Waals surface area contributed by atoms with Gasteiger partial charge in [-0.15, -0.1) is 0 Å². The molecule has 1 heterocycles. The van der Waals surface area contributed by atoms with Crippen LogP contribution in [0.2, 0.25) is 0 Å². The summed E-state index contributed by atoms with van der Waals surface area (Å²) in [7, 11) is 0. The Balaban J connectivity index is 2.11. The van der Waals surface area contributed by atoms with Crippen molar-refractivity contribution >= 4 is 0 Å². The van der Waals surface area contributed by atoms with Crippen molar-refractivity contribution in [2.45, 2.75) is 13.0 Å². The van der Waals surface area contributed by atoms with Crippen LogP contribution in [0.15, 0.2) is 24.3 Å². The van der Waals surface area contributed by atoms with Crippen LogP contribution in [-0.2, 0) is 0 Å². The molecule has 0 radical (unpaired) electrons. The summed E-state index contributed by atoms with van der Waals surface area (Å²) in [5, 5.41) is 12.1. The Morgan fingerprint density at radius 3 is 2.00 bits per heavy atom. The number of phenolic OH excluding ortho intramolecular Hbond substituents is 1. The molecule has 1 aliphatic rings. The molecule has 1 saturated heterocycles. The molecule has 2 aromatic rings. The third kappa shape index (κ3) is 2.14. The van der Waals surface area contributed by atoms with Crippen molar-refractivity contribution in [2.75, 3.05) is 6.54 Å². The highest BCUT2D eigenvalue weighted by molar-refractivity contribution is 5.66. The van der Waals surface area contributed by atoms with Gasteiger partial charge in [-0.25, -0.2) is 13.2 Å². The van der Waals surface area contributed by atoms with Gasteiger partial charge in [-0.2, -0.15) is 0 Å². The van der Waals surface area contributed by atoms with E-state index >= 15 is 0 Å². The summed E-state index contributed by atoms with van der Waals surface area (Å²) in [6.07, 6.45) is 0. The lowest BCUT2D eigenvalue weighted by atomic mass is 9.97. The molecule has 2 N–H and O–H groups in total. The second-order valence-electron chi connectivity index (χ2n) is 4.94. The van der Waals surface area contributed by atoms with E-state index < -0.39 is 23.2 Å². The lowest BCUT2D eigenvalue weighted by Gasteiger charge is -2.10. The Morgan fingerprint density at radius 1 is 1.00 bits per heavy atom. The van der Waals surface area contributed by atoms with Crippen molar-refractivity contribution in [3.63, 3.8) is 0 Å². The number of aromatic hydroxyl groups is 1. The van der Waals surface area contributed by atoms with Gasteiger partial charge < -0.3 is 10.4 Å². The summed E-state index contributed by atoms with van der Waals surface area (Å²) in [5.41, 5.74) is 1.88. The summed E-state index contributed by atoms with van der Waals surface area (Å²) >= 11 is 0. The van der Waals surface area contributed by atoms with E-state index in [1.54, 1.807) is 13.0 Å². The van der Waals surface area contributed by atoms with E-state index in [0.717, 1.165) is 24.2 Å². The second kappa shape index (κ2) is 4.52. The first-order chi connectivity index (χ1) is 9.47. The van der Waals surface area contributed by atoms with Crippen LogP contribution in [0.5, 0.6) is 5.75 Å². The van der Waals surface area contributed by atoms with Crippen molar-refractivity contribution in [3.8, 4) is 16.9 Å². The van der Waals surface area contributed by atoms with E-state index in [1.165, 1.54) is 6.07 Å². The van der Waals surface area contributed by atoms with Crippen LogP contribution in [0.4, 0.5) is 13.2 Å². The highest BCUT2D eigenvalue weighted by atomic mass is 19.1. The van der Waals surface area contributed by atoms with E-state index in [9.17, 15) is 13.2 Å². The van der Waals surface area contributed by atoms with Crippen LogP contribution < -0.4 is 5.32 Å². The summed E-state index contributed by atoms with van der Waals surface area (Å²) < 4.78 is 40.8. The van der Waals surface area contributed by atoms with Gasteiger partial charge in [0.15, 0.2) is 17.4 Å². The van der Waals surface area contributed by atoms with Crippen LogP contribution in [0.3, 0.4) is 0 Å². The van der Waals surface area contributed by atoms with Gasteiger partial charge in [0, 0.05) is 18.2 Å². The Bertz CT molecular complexity index is 650. The number of halogens is 3. The average molecular weight is 279 g/mol. The minimum atomic E-state index is -1.06. The molecule has 20 heavy (non-hydrogen) atoms. The molecule has 0 saturated carbocycles. The molecule has 104 valence electrons. The van der Waals surface area contributed by atoms with Crippen molar-refractivity contribution < 1.29 is 18.3 Å². The first-order valence-corrected chi connectivity index (χ1v) is 6.19. The quantitative estimate of drug-likeness (QED) is 0.827. The number of rotatable bonds is 2. The maximum absolute atomic E-state index is 14.1. The Morgan fingerprint density at radius 2 is 1.50 bits per heavy atom. The molecule has 0 bridgehead atoms. The standard InChI is InChI=1S/C15H12F3NO/c1-7-2-8(3-10(16)14(7)13-6-19-13)9-4-11(17)15(20)12(18)5-9/h2-5,13,19-20H,6H2,1H3. The SMILES string of the molecule is Cc1cc(-c2cc(F)c(O)c(F)c2)cc(F)c1C1CN1. The first kappa shape index (κ1) is 13.0. The van der Waals surface area contributed by atoms with Crippen molar-refractivity contribution in [2.24, 2.45) is 0 Å². The maximum Gasteiger partial charge on any atom is 0.187 e. The van der Waals surface area contributed by atoms with Gasteiger partial charge in [0.1, 0.15) is 5.82 Å². The molecule has 1 unspecified atom stereocenters. The topological polar surface area (TPSA) is 42.2 Å². The molecule has 0 aliphatic carbocycles. The van der Waals surface area contributed by atoms with Crippen LogP contribution in [0.25, 0.3) is 11.1 Å². The molecule has 1 atom stereocenters. The van der Waals surface area contributed by atoms with Crippen molar-refractivity contribution in [3.05, 3.63) is 52.8 Å². The van der Waals surface area contributed by atoms with Gasteiger partial charge in [0.2, 0.25) is 0 Å². The number of hydrogen-bond acceptors (Lipinski definition) is 2. The van der Waals surface area contributed by atoms with Crippen LogP contribution in [-0.4, -0.2) is 11.7 Å². The fraction of sp³-hybridized carbons (Fsp3) is 0.200. The fourth-order valence-corrected chi connectivity index (χ4v) is 2.36. The van der Waals surface area contributed by atoms with Crippen LogP contribution in [0, 0.1) is 24.4 Å². The molecule has 1 fully saturated rings. The molecule has 2 nitrogen and oxygen atoms in total. The van der Waals surface area contributed by atoms with Crippen molar-refractivity contribution in [1.82, 2.24) is 5.32 Å². The third-order valence-corrected chi connectivity index (χ3v) is 3.44. The summed E-state index contributed by atoms with van der Waals surface area (Å²) in [6, 6.07) is 4.94. The Kier molecular flexibility index (Phi) is 2.94. The van der Waals surface area contributed by atoms with E-state index in [4.69, 9.17) is 5.11 Å². The molecule has 0 spiro atoms. The minimum Gasteiger partial charge on any atom is -0.503 e. The van der Waals surface area contributed by atoms with Gasteiger partial charge in [0.25, 0.3) is 0 Å². The van der Waals surface area contributed by atoms with Crippen LogP contribution >= 0.6 is 0 Å². The van der Waals surface area contributed by atoms with Gasteiger partial charge in [0.05, 0.1) is 0 Å². The minimum absolute atomic E-state index is 0.0253. The van der Waals surface area contributed by atoms with E-state index in [-0.39, 0.29) is 11.6 Å². The number of aryl methyl sites for hydroxylation is 1. The monoisotopic (exact) mass is 279 g/mol. The maximum atomic E-state index is 14.1. The zero-order chi connectivity index (χ0) is 14.4. The zero-order valence-electron chi connectivity index (χ0n) is 10.7. The molecule has 0 amide bonds. The van der Waals surface area contributed by atoms with Gasteiger partial charge in [-0.1, -0.05) is 6.07 Å². The molecular weight excluding hydrogens is 267 g/mol. The molecule has 2 aromatic carbocycles. The Hall–Kier alpha value is -2.01. The van der Waals surface area contributed by atoms with Crippen molar-refractivity contribution in [1.29, 1.82) is 0 Å². The fourth-order valence-electron chi connectivity index (χ4n) is 2.36. The number of nitrogens with one attached hydrogen (secondary N) is 1. The number of hydrogen-bond donors (Lipinski definition) is 2. The molecule has 1 aliphatic heterocycles. The highest BCUT2D eigenvalue weighted by Crippen LogP contribution is 2.33. The molecule has 5 heteroatoms. The average Bonchev–Trinajstić information content (AvgIpc) is 3.19.